The molecule has 0 bridgehead atoms. The molecule has 8 nitrogen and oxygen atoms in total. The predicted molar refractivity (Wildman–Crippen MR) is 137 cm³/mol. The number of oxime groups is 1. The fraction of sp³-hybridized carbons (Fsp3) is 0.231. The summed E-state index contributed by atoms with van der Waals surface area (Å²) in [4.78, 5) is 18.0. The SMILES string of the molecule is CO/N=C1/C[C@@H](C(=O)NCCNc2ccccc2)N(S(=O)(=O)c2ccc(-c3ccccc3)cc2)C1. The van der Waals surface area contributed by atoms with Crippen LogP contribution in [-0.4, -0.2) is 57.1 Å². The third-order valence-electron chi connectivity index (χ3n) is 5.73. The Morgan fingerprint density at radius 2 is 1.57 bits per heavy atom. The van der Waals surface area contributed by atoms with E-state index in [9.17, 15) is 13.2 Å². The van der Waals surface area contributed by atoms with Gasteiger partial charge in [0.2, 0.25) is 15.9 Å². The van der Waals surface area contributed by atoms with Gasteiger partial charge in [0.15, 0.2) is 0 Å². The van der Waals surface area contributed by atoms with Crippen LogP contribution in [0.5, 0.6) is 0 Å². The van der Waals surface area contributed by atoms with Gasteiger partial charge in [0.05, 0.1) is 17.2 Å². The van der Waals surface area contributed by atoms with Crippen LogP contribution in [0, 0.1) is 0 Å². The quantitative estimate of drug-likeness (QED) is 0.353. The van der Waals surface area contributed by atoms with Crippen LogP contribution in [0.1, 0.15) is 6.42 Å². The number of amides is 1. The van der Waals surface area contributed by atoms with Gasteiger partial charge in [-0.25, -0.2) is 8.42 Å². The summed E-state index contributed by atoms with van der Waals surface area (Å²) in [5, 5.41) is 9.98. The fourth-order valence-corrected chi connectivity index (χ4v) is 5.58. The summed E-state index contributed by atoms with van der Waals surface area (Å²) >= 11 is 0. The van der Waals surface area contributed by atoms with Gasteiger partial charge in [-0.2, -0.15) is 4.31 Å². The molecule has 1 saturated heterocycles. The van der Waals surface area contributed by atoms with E-state index in [2.05, 4.69) is 15.8 Å². The van der Waals surface area contributed by atoms with Gasteiger partial charge in [0.1, 0.15) is 13.2 Å². The van der Waals surface area contributed by atoms with E-state index in [0.717, 1.165) is 16.8 Å². The number of carbonyl (C=O) groups excluding carboxylic acids is 1. The van der Waals surface area contributed by atoms with Crippen molar-refractivity contribution >= 4 is 27.3 Å². The Bertz CT molecular complexity index is 1260. The van der Waals surface area contributed by atoms with E-state index in [4.69, 9.17) is 4.84 Å². The first-order valence-corrected chi connectivity index (χ1v) is 12.8. The number of sulfonamides is 1. The molecule has 1 heterocycles. The van der Waals surface area contributed by atoms with Gasteiger partial charge >= 0.3 is 0 Å². The Kier molecular flexibility index (Phi) is 7.79. The molecule has 9 heteroatoms. The van der Waals surface area contributed by atoms with Crippen molar-refractivity contribution in [2.24, 2.45) is 5.16 Å². The van der Waals surface area contributed by atoms with E-state index < -0.39 is 16.1 Å². The van der Waals surface area contributed by atoms with Crippen molar-refractivity contribution in [1.29, 1.82) is 0 Å². The van der Waals surface area contributed by atoms with Gasteiger partial charge in [-0.05, 0) is 35.4 Å². The first-order valence-electron chi connectivity index (χ1n) is 11.3. The minimum atomic E-state index is -3.94. The van der Waals surface area contributed by atoms with Crippen molar-refractivity contribution in [3.05, 3.63) is 84.9 Å². The number of hydrogen-bond acceptors (Lipinski definition) is 6. The highest BCUT2D eigenvalue weighted by molar-refractivity contribution is 7.89. The zero-order valence-electron chi connectivity index (χ0n) is 19.4. The van der Waals surface area contributed by atoms with Crippen LogP contribution in [0.15, 0.2) is 95.0 Å². The number of rotatable bonds is 9. The summed E-state index contributed by atoms with van der Waals surface area (Å²) in [5.74, 6) is -0.370. The van der Waals surface area contributed by atoms with Crippen molar-refractivity contribution in [3.8, 4) is 11.1 Å². The highest BCUT2D eigenvalue weighted by atomic mass is 32.2. The van der Waals surface area contributed by atoms with Crippen molar-refractivity contribution in [2.45, 2.75) is 17.4 Å². The van der Waals surface area contributed by atoms with Gasteiger partial charge in [0.25, 0.3) is 0 Å². The highest BCUT2D eigenvalue weighted by Crippen LogP contribution is 2.27. The molecule has 0 radical (unpaired) electrons. The number of nitrogens with one attached hydrogen (secondary N) is 2. The number of carbonyl (C=O) groups is 1. The average molecular weight is 493 g/mol. The molecular weight excluding hydrogens is 464 g/mol. The Morgan fingerprint density at radius 3 is 2.23 bits per heavy atom. The number of nitrogens with zero attached hydrogens (tertiary/aromatic N) is 2. The second-order valence-electron chi connectivity index (χ2n) is 8.08. The third kappa shape index (κ3) is 5.87. The van der Waals surface area contributed by atoms with Gasteiger partial charge in [-0.1, -0.05) is 65.8 Å². The van der Waals surface area contributed by atoms with E-state index in [1.165, 1.54) is 11.4 Å². The smallest absolute Gasteiger partial charge is 0.244 e. The number of anilines is 1. The lowest BCUT2D eigenvalue weighted by Crippen LogP contribution is -2.46. The zero-order valence-corrected chi connectivity index (χ0v) is 20.2. The molecule has 3 aromatic rings. The van der Waals surface area contributed by atoms with E-state index in [-0.39, 0.29) is 23.8 Å². The van der Waals surface area contributed by atoms with Crippen LogP contribution >= 0.6 is 0 Å². The molecular formula is C26H28N4O4S. The van der Waals surface area contributed by atoms with E-state index in [1.807, 2.05) is 60.7 Å². The normalized spacial score (nSPS) is 17.3. The van der Waals surface area contributed by atoms with Crippen LogP contribution in [0.3, 0.4) is 0 Å². The van der Waals surface area contributed by atoms with Crippen LogP contribution < -0.4 is 10.6 Å². The summed E-state index contributed by atoms with van der Waals surface area (Å²) in [6.45, 7) is 0.854. The monoisotopic (exact) mass is 492 g/mol. The standard InChI is InChI=1S/C26H28N4O4S/c1-34-29-23-18-25(26(31)28-17-16-27-22-10-6-3-7-11-22)30(19-23)35(32,33)24-14-12-21(13-15-24)20-8-4-2-5-9-20/h2-15,25,27H,16-19H2,1H3,(H,28,31)/b29-23-/t25-/m0/s1. The molecule has 1 aliphatic rings. The molecule has 182 valence electrons. The molecule has 4 rings (SSSR count). The summed E-state index contributed by atoms with van der Waals surface area (Å²) < 4.78 is 28.2. The van der Waals surface area contributed by atoms with Gasteiger partial charge in [-0.15, -0.1) is 0 Å². The Hall–Kier alpha value is -3.69. The van der Waals surface area contributed by atoms with Gasteiger partial charge < -0.3 is 15.5 Å². The Balaban J connectivity index is 1.47. The Labute approximate surface area is 205 Å². The predicted octanol–water partition coefficient (Wildman–Crippen LogP) is 3.35. The van der Waals surface area contributed by atoms with Gasteiger partial charge in [-0.3, -0.25) is 4.79 Å². The maximum atomic E-state index is 13.5. The van der Waals surface area contributed by atoms with Crippen molar-refractivity contribution in [1.82, 2.24) is 9.62 Å². The van der Waals surface area contributed by atoms with Crippen molar-refractivity contribution in [2.75, 3.05) is 32.1 Å². The molecule has 1 aliphatic heterocycles. The van der Waals surface area contributed by atoms with E-state index in [1.54, 1.807) is 24.3 Å². The lowest BCUT2D eigenvalue weighted by atomic mass is 10.1. The van der Waals surface area contributed by atoms with Crippen LogP contribution in [0.25, 0.3) is 11.1 Å². The molecule has 0 aliphatic carbocycles. The minimum absolute atomic E-state index is 0.00301. The number of benzene rings is 3. The molecule has 0 spiro atoms. The summed E-state index contributed by atoms with van der Waals surface area (Å²) in [6, 6.07) is 25.1. The summed E-state index contributed by atoms with van der Waals surface area (Å²) in [7, 11) is -2.54. The topological polar surface area (TPSA) is 100 Å². The zero-order chi connectivity index (χ0) is 24.7. The van der Waals surface area contributed by atoms with Crippen LogP contribution in [0.4, 0.5) is 5.69 Å². The lowest BCUT2D eigenvalue weighted by Gasteiger charge is -2.23. The molecule has 1 amide bonds. The Morgan fingerprint density at radius 1 is 0.943 bits per heavy atom. The van der Waals surface area contributed by atoms with Gasteiger partial charge in [0, 0.05) is 25.2 Å². The van der Waals surface area contributed by atoms with Crippen molar-refractivity contribution in [3.63, 3.8) is 0 Å². The van der Waals surface area contributed by atoms with E-state index >= 15 is 0 Å². The first-order chi connectivity index (χ1) is 17.0. The molecule has 0 unspecified atom stereocenters. The van der Waals surface area contributed by atoms with Crippen LogP contribution in [-0.2, 0) is 19.7 Å². The molecule has 35 heavy (non-hydrogen) atoms. The summed E-state index contributed by atoms with van der Waals surface area (Å²) in [5.41, 5.74) is 3.35. The second kappa shape index (κ2) is 11.2. The minimum Gasteiger partial charge on any atom is -0.399 e. The van der Waals surface area contributed by atoms with Crippen LogP contribution in [0.2, 0.25) is 0 Å². The van der Waals surface area contributed by atoms with E-state index in [0.29, 0.717) is 18.8 Å². The molecule has 0 aromatic heterocycles. The molecule has 0 saturated carbocycles. The average Bonchev–Trinajstić information content (AvgIpc) is 3.33. The second-order valence-corrected chi connectivity index (χ2v) is 9.98. The summed E-state index contributed by atoms with van der Waals surface area (Å²) in [6.07, 6.45) is 0.174. The molecule has 1 atom stereocenters. The number of hydrogen-bond donors (Lipinski definition) is 2. The lowest BCUT2D eigenvalue weighted by molar-refractivity contribution is -0.124. The fourth-order valence-electron chi connectivity index (χ4n) is 4.00. The maximum Gasteiger partial charge on any atom is 0.244 e. The molecule has 2 N–H and O–H groups in total. The van der Waals surface area contributed by atoms with Crippen molar-refractivity contribution < 1.29 is 18.0 Å². The molecule has 3 aromatic carbocycles. The maximum absolute atomic E-state index is 13.5. The largest absolute Gasteiger partial charge is 0.399 e. The first kappa shape index (κ1) is 24.4. The highest BCUT2D eigenvalue weighted by Gasteiger charge is 2.42. The molecule has 1 fully saturated rings. The third-order valence-corrected chi connectivity index (χ3v) is 7.60. The number of para-hydroxylation sites is 1.